The molecule has 0 aromatic heterocycles. The van der Waals surface area contributed by atoms with Crippen LogP contribution in [0.4, 0.5) is 5.69 Å². The van der Waals surface area contributed by atoms with Gasteiger partial charge in [0.05, 0.1) is 13.7 Å². The van der Waals surface area contributed by atoms with E-state index < -0.39 is 10.0 Å². The van der Waals surface area contributed by atoms with Crippen molar-refractivity contribution in [2.75, 3.05) is 11.8 Å². The Morgan fingerprint density at radius 2 is 1.86 bits per heavy atom. The minimum absolute atomic E-state index is 0.0144. The lowest BCUT2D eigenvalue weighted by atomic mass is 10.2. The second-order valence-electron chi connectivity index (χ2n) is 4.26. The van der Waals surface area contributed by atoms with Crippen molar-refractivity contribution in [1.29, 1.82) is 0 Å². The first kappa shape index (κ1) is 15.8. The first-order valence-electron chi connectivity index (χ1n) is 6.02. The Labute approximate surface area is 131 Å². The van der Waals surface area contributed by atoms with Gasteiger partial charge in [-0.1, -0.05) is 22.0 Å². The fourth-order valence-electron chi connectivity index (χ4n) is 1.76. The number of aliphatic hydroxyl groups is 1. The molecular formula is C14H14BrNO4S. The number of aliphatic hydroxyl groups excluding tert-OH is 1. The standard InChI is InChI=1S/C14H14BrNO4S/c1-20-13-7-2-10(9-17)8-14(13)21(18,19)16-12-5-3-11(15)4-6-12/h2-8,16-17H,9H2,1H3. The highest BCUT2D eigenvalue weighted by atomic mass is 79.9. The molecule has 2 rings (SSSR count). The number of methoxy groups -OCH3 is 1. The summed E-state index contributed by atoms with van der Waals surface area (Å²) in [6.45, 7) is -0.245. The Kier molecular flexibility index (Phi) is 4.87. The van der Waals surface area contributed by atoms with Crippen molar-refractivity contribution in [3.05, 3.63) is 52.5 Å². The summed E-state index contributed by atoms with van der Waals surface area (Å²) >= 11 is 3.29. The van der Waals surface area contributed by atoms with Crippen LogP contribution in [0.15, 0.2) is 51.8 Å². The molecule has 0 aliphatic rings. The molecule has 112 valence electrons. The maximum Gasteiger partial charge on any atom is 0.265 e. The van der Waals surface area contributed by atoms with Gasteiger partial charge in [-0.3, -0.25) is 4.72 Å². The van der Waals surface area contributed by atoms with E-state index in [1.165, 1.54) is 19.2 Å². The number of ether oxygens (including phenoxy) is 1. The fourth-order valence-corrected chi connectivity index (χ4v) is 3.30. The van der Waals surface area contributed by atoms with Gasteiger partial charge >= 0.3 is 0 Å². The number of rotatable bonds is 5. The van der Waals surface area contributed by atoms with Crippen LogP contribution in [0.2, 0.25) is 0 Å². The second kappa shape index (κ2) is 6.46. The molecule has 0 amide bonds. The molecule has 0 bridgehead atoms. The monoisotopic (exact) mass is 371 g/mol. The highest BCUT2D eigenvalue weighted by Crippen LogP contribution is 2.27. The molecule has 0 saturated carbocycles. The highest BCUT2D eigenvalue weighted by molar-refractivity contribution is 9.10. The normalized spacial score (nSPS) is 11.2. The number of sulfonamides is 1. The van der Waals surface area contributed by atoms with Gasteiger partial charge < -0.3 is 9.84 Å². The number of nitrogens with one attached hydrogen (secondary N) is 1. The third-order valence-electron chi connectivity index (χ3n) is 2.80. The smallest absolute Gasteiger partial charge is 0.265 e. The third kappa shape index (κ3) is 3.75. The van der Waals surface area contributed by atoms with Gasteiger partial charge in [0.1, 0.15) is 10.6 Å². The first-order valence-corrected chi connectivity index (χ1v) is 8.30. The number of hydrogen-bond donors (Lipinski definition) is 2. The highest BCUT2D eigenvalue weighted by Gasteiger charge is 2.20. The zero-order valence-corrected chi connectivity index (χ0v) is 13.6. The lowest BCUT2D eigenvalue weighted by Gasteiger charge is -2.12. The van der Waals surface area contributed by atoms with E-state index in [4.69, 9.17) is 9.84 Å². The predicted molar refractivity (Wildman–Crippen MR) is 83.9 cm³/mol. The van der Waals surface area contributed by atoms with E-state index in [2.05, 4.69) is 20.7 Å². The SMILES string of the molecule is COc1ccc(CO)cc1S(=O)(=O)Nc1ccc(Br)cc1. The van der Waals surface area contributed by atoms with Crippen molar-refractivity contribution in [3.63, 3.8) is 0 Å². The molecule has 0 radical (unpaired) electrons. The van der Waals surface area contributed by atoms with E-state index in [9.17, 15) is 8.42 Å². The molecule has 0 fully saturated rings. The van der Waals surface area contributed by atoms with Crippen molar-refractivity contribution in [3.8, 4) is 5.75 Å². The molecule has 0 saturated heterocycles. The van der Waals surface area contributed by atoms with Gasteiger partial charge in [0.25, 0.3) is 10.0 Å². The number of halogens is 1. The largest absolute Gasteiger partial charge is 0.495 e. The summed E-state index contributed by atoms with van der Waals surface area (Å²) in [7, 11) is -2.41. The summed E-state index contributed by atoms with van der Waals surface area (Å²) in [5.41, 5.74) is 0.932. The number of benzene rings is 2. The molecule has 0 heterocycles. The average Bonchev–Trinajstić information content (AvgIpc) is 2.48. The summed E-state index contributed by atoms with van der Waals surface area (Å²) in [6.07, 6.45) is 0. The van der Waals surface area contributed by atoms with Crippen LogP contribution in [-0.4, -0.2) is 20.6 Å². The quantitative estimate of drug-likeness (QED) is 0.846. The summed E-state index contributed by atoms with van der Waals surface area (Å²) in [5.74, 6) is 0.219. The molecule has 2 N–H and O–H groups in total. The molecule has 0 aliphatic carbocycles. The molecule has 2 aromatic rings. The van der Waals surface area contributed by atoms with Crippen molar-refractivity contribution < 1.29 is 18.3 Å². The van der Waals surface area contributed by atoms with E-state index >= 15 is 0 Å². The minimum Gasteiger partial charge on any atom is -0.495 e. The molecule has 2 aromatic carbocycles. The molecule has 0 atom stereocenters. The maximum atomic E-state index is 12.4. The van der Waals surface area contributed by atoms with Crippen LogP contribution in [0.1, 0.15) is 5.56 Å². The topological polar surface area (TPSA) is 75.6 Å². The van der Waals surface area contributed by atoms with E-state index in [0.29, 0.717) is 11.3 Å². The average molecular weight is 372 g/mol. The molecule has 0 spiro atoms. The van der Waals surface area contributed by atoms with Crippen molar-refractivity contribution in [1.82, 2.24) is 0 Å². The van der Waals surface area contributed by atoms with Gasteiger partial charge in [0.15, 0.2) is 0 Å². The van der Waals surface area contributed by atoms with Crippen molar-refractivity contribution >= 4 is 31.6 Å². The predicted octanol–water partition coefficient (Wildman–Crippen LogP) is 2.75. The Bertz CT molecular complexity index is 729. The van der Waals surface area contributed by atoms with E-state index in [1.54, 1.807) is 30.3 Å². The van der Waals surface area contributed by atoms with Crippen LogP contribution in [0, 0.1) is 0 Å². The third-order valence-corrected chi connectivity index (χ3v) is 4.73. The van der Waals surface area contributed by atoms with Gasteiger partial charge in [-0.05, 0) is 42.0 Å². The van der Waals surface area contributed by atoms with E-state index in [0.717, 1.165) is 4.47 Å². The molecule has 21 heavy (non-hydrogen) atoms. The summed E-state index contributed by atoms with van der Waals surface area (Å²) in [4.78, 5) is -0.0144. The van der Waals surface area contributed by atoms with Gasteiger partial charge in [0.2, 0.25) is 0 Å². The van der Waals surface area contributed by atoms with Crippen LogP contribution in [-0.2, 0) is 16.6 Å². The maximum absolute atomic E-state index is 12.4. The molecule has 5 nitrogen and oxygen atoms in total. The number of anilines is 1. The Hall–Kier alpha value is -1.57. The van der Waals surface area contributed by atoms with E-state index in [-0.39, 0.29) is 17.3 Å². The Morgan fingerprint density at radius 1 is 1.19 bits per heavy atom. The van der Waals surface area contributed by atoms with Crippen LogP contribution in [0.5, 0.6) is 5.75 Å². The van der Waals surface area contributed by atoms with Gasteiger partial charge in [-0.25, -0.2) is 8.42 Å². The van der Waals surface area contributed by atoms with Crippen molar-refractivity contribution in [2.24, 2.45) is 0 Å². The van der Waals surface area contributed by atoms with Crippen molar-refractivity contribution in [2.45, 2.75) is 11.5 Å². The molecule has 0 aliphatic heterocycles. The van der Waals surface area contributed by atoms with Crippen LogP contribution < -0.4 is 9.46 Å². The summed E-state index contributed by atoms with van der Waals surface area (Å²) in [6, 6.07) is 11.3. The first-order chi connectivity index (χ1) is 9.96. The molecule has 7 heteroatoms. The zero-order valence-electron chi connectivity index (χ0n) is 11.2. The lowest BCUT2D eigenvalue weighted by molar-refractivity contribution is 0.281. The lowest BCUT2D eigenvalue weighted by Crippen LogP contribution is -2.14. The molecule has 0 unspecified atom stereocenters. The summed E-state index contributed by atoms with van der Waals surface area (Å²) < 4.78 is 33.3. The minimum atomic E-state index is -3.80. The van der Waals surface area contributed by atoms with Gasteiger partial charge in [-0.15, -0.1) is 0 Å². The molecular weight excluding hydrogens is 358 g/mol. The van der Waals surface area contributed by atoms with E-state index in [1.807, 2.05) is 0 Å². The zero-order chi connectivity index (χ0) is 15.5. The summed E-state index contributed by atoms with van der Waals surface area (Å²) in [5, 5.41) is 9.15. The Morgan fingerprint density at radius 3 is 2.43 bits per heavy atom. The fraction of sp³-hybridized carbons (Fsp3) is 0.143. The second-order valence-corrected chi connectivity index (χ2v) is 6.82. The van der Waals surface area contributed by atoms with Gasteiger partial charge in [-0.2, -0.15) is 0 Å². The Balaban J connectivity index is 2.41. The number of hydrogen-bond acceptors (Lipinski definition) is 4. The van der Waals surface area contributed by atoms with Crippen LogP contribution in [0.25, 0.3) is 0 Å². The van der Waals surface area contributed by atoms with Crippen LogP contribution in [0.3, 0.4) is 0 Å². The van der Waals surface area contributed by atoms with Gasteiger partial charge in [0, 0.05) is 10.2 Å². The van der Waals surface area contributed by atoms with Crippen LogP contribution >= 0.6 is 15.9 Å².